The Bertz CT molecular complexity index is 552. The summed E-state index contributed by atoms with van der Waals surface area (Å²) in [6, 6.07) is 6.63. The van der Waals surface area contributed by atoms with Crippen LogP contribution in [-0.4, -0.2) is 14.5 Å². The van der Waals surface area contributed by atoms with Crippen LogP contribution in [0.5, 0.6) is 0 Å². The molecule has 2 aromatic heterocycles. The molecule has 0 aliphatic rings. The minimum Gasteiger partial charge on any atom is -0.305 e. The third-order valence-electron chi connectivity index (χ3n) is 2.09. The summed E-state index contributed by atoms with van der Waals surface area (Å²) in [7, 11) is 1.42. The van der Waals surface area contributed by atoms with Gasteiger partial charge in [0.05, 0.1) is 11.4 Å². The maximum Gasteiger partial charge on any atom is 0.328 e. The van der Waals surface area contributed by atoms with Crippen LogP contribution in [0.15, 0.2) is 40.1 Å². The summed E-state index contributed by atoms with van der Waals surface area (Å²) in [5.74, 6) is 0. The lowest BCUT2D eigenvalue weighted by atomic mass is 10.2. The molecule has 0 spiro atoms. The van der Waals surface area contributed by atoms with Crippen molar-refractivity contribution >= 4 is 0 Å². The van der Waals surface area contributed by atoms with Gasteiger partial charge >= 0.3 is 5.69 Å². The number of nitrogens with one attached hydrogen (secondary N) is 1. The number of rotatable bonds is 1. The van der Waals surface area contributed by atoms with Gasteiger partial charge in [-0.05, 0) is 12.1 Å². The number of pyridine rings is 1. The predicted octanol–water partition coefficient (Wildman–Crippen LogP) is 0.136. The van der Waals surface area contributed by atoms with Crippen molar-refractivity contribution in [3.8, 4) is 11.4 Å². The summed E-state index contributed by atoms with van der Waals surface area (Å²) < 4.78 is 1.01. The number of aromatic nitrogens is 3. The second kappa shape index (κ2) is 3.53. The third-order valence-corrected chi connectivity index (χ3v) is 2.09. The van der Waals surface area contributed by atoms with Gasteiger partial charge in [0, 0.05) is 19.3 Å². The zero-order valence-corrected chi connectivity index (χ0v) is 8.10. The first-order chi connectivity index (χ1) is 7.18. The highest BCUT2D eigenvalue weighted by atomic mass is 16.2. The SMILES string of the molecule is Cn1c(=O)cc(-c2ccccn2)[nH]c1=O. The zero-order valence-electron chi connectivity index (χ0n) is 8.10. The van der Waals surface area contributed by atoms with E-state index < -0.39 is 5.69 Å². The molecule has 0 bridgehead atoms. The molecule has 5 heteroatoms. The van der Waals surface area contributed by atoms with Crippen molar-refractivity contribution in [2.75, 3.05) is 0 Å². The second-order valence-corrected chi connectivity index (χ2v) is 3.10. The second-order valence-electron chi connectivity index (χ2n) is 3.10. The molecule has 0 aliphatic carbocycles. The smallest absolute Gasteiger partial charge is 0.305 e. The van der Waals surface area contributed by atoms with Gasteiger partial charge in [-0.1, -0.05) is 6.07 Å². The summed E-state index contributed by atoms with van der Waals surface area (Å²) in [5, 5.41) is 0. The highest BCUT2D eigenvalue weighted by Crippen LogP contribution is 2.08. The van der Waals surface area contributed by atoms with E-state index in [1.165, 1.54) is 13.1 Å². The molecule has 15 heavy (non-hydrogen) atoms. The summed E-state index contributed by atoms with van der Waals surface area (Å²) in [6.07, 6.45) is 1.60. The Labute approximate surface area is 85.0 Å². The van der Waals surface area contributed by atoms with Crippen LogP contribution >= 0.6 is 0 Å². The highest BCUT2D eigenvalue weighted by molar-refractivity contribution is 5.52. The average Bonchev–Trinajstić information content (AvgIpc) is 2.26. The summed E-state index contributed by atoms with van der Waals surface area (Å²) in [6.45, 7) is 0. The monoisotopic (exact) mass is 203 g/mol. The van der Waals surface area contributed by atoms with E-state index in [1.54, 1.807) is 24.4 Å². The van der Waals surface area contributed by atoms with Crippen molar-refractivity contribution in [3.05, 3.63) is 51.3 Å². The van der Waals surface area contributed by atoms with E-state index in [1.807, 2.05) is 0 Å². The molecular weight excluding hydrogens is 194 g/mol. The van der Waals surface area contributed by atoms with E-state index in [4.69, 9.17) is 0 Å². The van der Waals surface area contributed by atoms with E-state index in [0.29, 0.717) is 11.4 Å². The summed E-state index contributed by atoms with van der Waals surface area (Å²) >= 11 is 0. The molecule has 2 rings (SSSR count). The van der Waals surface area contributed by atoms with Crippen LogP contribution in [0.1, 0.15) is 0 Å². The molecule has 0 unspecified atom stereocenters. The van der Waals surface area contributed by atoms with Crippen molar-refractivity contribution in [1.29, 1.82) is 0 Å². The van der Waals surface area contributed by atoms with Gasteiger partial charge in [0.2, 0.25) is 0 Å². The lowest BCUT2D eigenvalue weighted by molar-refractivity contribution is 0.777. The first kappa shape index (κ1) is 9.39. The molecule has 0 saturated heterocycles. The molecular formula is C10H9N3O2. The summed E-state index contributed by atoms with van der Waals surface area (Å²) in [5.41, 5.74) is 0.221. The molecule has 0 radical (unpaired) electrons. The Morgan fingerprint density at radius 1 is 1.33 bits per heavy atom. The van der Waals surface area contributed by atoms with Gasteiger partial charge in [-0.15, -0.1) is 0 Å². The molecule has 5 nitrogen and oxygen atoms in total. The largest absolute Gasteiger partial charge is 0.328 e. The molecule has 0 saturated carbocycles. The van der Waals surface area contributed by atoms with Crippen LogP contribution in [0.25, 0.3) is 11.4 Å². The van der Waals surface area contributed by atoms with E-state index in [9.17, 15) is 9.59 Å². The van der Waals surface area contributed by atoms with Crippen LogP contribution in [-0.2, 0) is 7.05 Å². The van der Waals surface area contributed by atoms with E-state index >= 15 is 0 Å². The quantitative estimate of drug-likeness (QED) is 0.716. The van der Waals surface area contributed by atoms with E-state index in [0.717, 1.165) is 4.57 Å². The minimum absolute atomic E-state index is 0.348. The van der Waals surface area contributed by atoms with Gasteiger partial charge in [-0.25, -0.2) is 4.79 Å². The Morgan fingerprint density at radius 2 is 2.13 bits per heavy atom. The Kier molecular flexibility index (Phi) is 2.21. The first-order valence-corrected chi connectivity index (χ1v) is 4.40. The third kappa shape index (κ3) is 1.71. The van der Waals surface area contributed by atoms with Gasteiger partial charge in [0.25, 0.3) is 5.56 Å². The Balaban J connectivity index is 2.67. The summed E-state index contributed by atoms with van der Waals surface area (Å²) in [4.78, 5) is 29.3. The van der Waals surface area contributed by atoms with Crippen LogP contribution < -0.4 is 11.2 Å². The van der Waals surface area contributed by atoms with Crippen molar-refractivity contribution in [2.24, 2.45) is 7.05 Å². The zero-order chi connectivity index (χ0) is 10.8. The van der Waals surface area contributed by atoms with E-state index in [-0.39, 0.29) is 5.56 Å². The number of nitrogens with zero attached hydrogens (tertiary/aromatic N) is 2. The average molecular weight is 203 g/mol. The van der Waals surface area contributed by atoms with Gasteiger partial charge in [-0.3, -0.25) is 14.3 Å². The van der Waals surface area contributed by atoms with Crippen LogP contribution in [0.3, 0.4) is 0 Å². The van der Waals surface area contributed by atoms with Crippen LogP contribution in [0, 0.1) is 0 Å². The first-order valence-electron chi connectivity index (χ1n) is 4.40. The molecule has 2 heterocycles. The van der Waals surface area contributed by atoms with Gasteiger partial charge in [0.15, 0.2) is 0 Å². The molecule has 0 amide bonds. The topological polar surface area (TPSA) is 67.8 Å². The van der Waals surface area contributed by atoms with Crippen molar-refractivity contribution in [3.63, 3.8) is 0 Å². The fourth-order valence-corrected chi connectivity index (χ4v) is 1.22. The normalized spacial score (nSPS) is 10.2. The number of H-pyrrole nitrogens is 1. The molecule has 2 aromatic rings. The minimum atomic E-state index is -0.442. The van der Waals surface area contributed by atoms with Gasteiger partial charge in [-0.2, -0.15) is 0 Å². The number of hydrogen-bond donors (Lipinski definition) is 1. The van der Waals surface area contributed by atoms with Crippen LogP contribution in [0.4, 0.5) is 0 Å². The van der Waals surface area contributed by atoms with E-state index in [2.05, 4.69) is 9.97 Å². The predicted molar refractivity (Wildman–Crippen MR) is 55.5 cm³/mol. The Morgan fingerprint density at radius 3 is 2.73 bits per heavy atom. The molecule has 0 aliphatic heterocycles. The fourth-order valence-electron chi connectivity index (χ4n) is 1.22. The van der Waals surface area contributed by atoms with Crippen molar-refractivity contribution < 1.29 is 0 Å². The highest BCUT2D eigenvalue weighted by Gasteiger charge is 2.03. The van der Waals surface area contributed by atoms with Gasteiger partial charge in [0.1, 0.15) is 0 Å². The molecule has 1 N–H and O–H groups in total. The lowest BCUT2D eigenvalue weighted by Gasteiger charge is -2.00. The fraction of sp³-hybridized carbons (Fsp3) is 0.100. The molecule has 0 aromatic carbocycles. The maximum absolute atomic E-state index is 11.3. The number of hydrogen-bond acceptors (Lipinski definition) is 3. The molecule has 0 fully saturated rings. The maximum atomic E-state index is 11.3. The van der Waals surface area contributed by atoms with Crippen molar-refractivity contribution in [1.82, 2.24) is 14.5 Å². The van der Waals surface area contributed by atoms with Gasteiger partial charge < -0.3 is 4.98 Å². The van der Waals surface area contributed by atoms with Crippen molar-refractivity contribution in [2.45, 2.75) is 0 Å². The van der Waals surface area contributed by atoms with Crippen LogP contribution in [0.2, 0.25) is 0 Å². The molecule has 0 atom stereocenters. The Hall–Kier alpha value is -2.17. The standard InChI is InChI=1S/C10H9N3O2/c1-13-9(14)6-8(12-10(13)15)7-4-2-3-5-11-7/h2-6H,1H3,(H,12,15). The number of aromatic amines is 1. The molecule has 76 valence electrons. The lowest BCUT2D eigenvalue weighted by Crippen LogP contribution is -2.32.